The number of anilines is 2. The van der Waals surface area contributed by atoms with Gasteiger partial charge in [0.25, 0.3) is 0 Å². The third-order valence-corrected chi connectivity index (χ3v) is 3.93. The van der Waals surface area contributed by atoms with Gasteiger partial charge in [-0.3, -0.25) is 0 Å². The molecular formula is C13H21BrN4O. The van der Waals surface area contributed by atoms with Crippen LogP contribution in [0.1, 0.15) is 32.6 Å². The molecule has 0 aliphatic carbocycles. The van der Waals surface area contributed by atoms with E-state index in [0.717, 1.165) is 42.6 Å². The fourth-order valence-corrected chi connectivity index (χ4v) is 2.77. The highest BCUT2D eigenvalue weighted by molar-refractivity contribution is 9.10. The summed E-state index contributed by atoms with van der Waals surface area (Å²) in [6, 6.07) is 0.166. The van der Waals surface area contributed by atoms with Gasteiger partial charge in [0.1, 0.15) is 5.82 Å². The molecular weight excluding hydrogens is 308 g/mol. The predicted molar refractivity (Wildman–Crippen MR) is 80.6 cm³/mol. The van der Waals surface area contributed by atoms with E-state index in [2.05, 4.69) is 43.0 Å². The number of aliphatic hydroxyl groups excluding tert-OH is 1. The SMILES string of the molecule is CCCNc1ncc(Br)c(N2CCCCC2CO)n1. The lowest BCUT2D eigenvalue weighted by molar-refractivity contribution is 0.239. The van der Waals surface area contributed by atoms with Crippen molar-refractivity contribution >= 4 is 27.7 Å². The second-order valence-electron chi connectivity index (χ2n) is 4.82. The second kappa shape index (κ2) is 7.05. The molecule has 1 unspecified atom stereocenters. The van der Waals surface area contributed by atoms with Crippen molar-refractivity contribution in [1.29, 1.82) is 0 Å². The molecule has 2 rings (SSSR count). The summed E-state index contributed by atoms with van der Waals surface area (Å²) < 4.78 is 0.884. The number of aromatic nitrogens is 2. The molecule has 0 spiro atoms. The van der Waals surface area contributed by atoms with E-state index in [4.69, 9.17) is 0 Å². The third kappa shape index (κ3) is 3.57. The number of halogens is 1. The zero-order valence-corrected chi connectivity index (χ0v) is 12.9. The molecule has 1 saturated heterocycles. The average Bonchev–Trinajstić information content (AvgIpc) is 2.46. The van der Waals surface area contributed by atoms with Crippen LogP contribution >= 0.6 is 15.9 Å². The van der Waals surface area contributed by atoms with Crippen LogP contribution < -0.4 is 10.2 Å². The fraction of sp³-hybridized carbons (Fsp3) is 0.692. The summed E-state index contributed by atoms with van der Waals surface area (Å²) in [5, 5.41) is 12.7. The van der Waals surface area contributed by atoms with Gasteiger partial charge < -0.3 is 15.3 Å². The smallest absolute Gasteiger partial charge is 0.224 e. The number of aliphatic hydroxyl groups is 1. The van der Waals surface area contributed by atoms with Crippen molar-refractivity contribution in [3.05, 3.63) is 10.7 Å². The highest BCUT2D eigenvalue weighted by Gasteiger charge is 2.25. The molecule has 1 aromatic rings. The average molecular weight is 329 g/mol. The van der Waals surface area contributed by atoms with E-state index >= 15 is 0 Å². The Kier molecular flexibility index (Phi) is 5.39. The van der Waals surface area contributed by atoms with Crippen molar-refractivity contribution in [2.45, 2.75) is 38.6 Å². The fourth-order valence-electron chi connectivity index (χ4n) is 2.35. The van der Waals surface area contributed by atoms with E-state index in [-0.39, 0.29) is 12.6 Å². The Morgan fingerprint density at radius 3 is 3.11 bits per heavy atom. The van der Waals surface area contributed by atoms with E-state index in [1.807, 2.05) is 0 Å². The monoisotopic (exact) mass is 328 g/mol. The normalized spacial score (nSPS) is 19.5. The Labute approximate surface area is 122 Å². The van der Waals surface area contributed by atoms with Gasteiger partial charge in [0, 0.05) is 19.3 Å². The minimum absolute atomic E-state index is 0.166. The molecule has 5 nitrogen and oxygen atoms in total. The highest BCUT2D eigenvalue weighted by atomic mass is 79.9. The number of hydrogen-bond acceptors (Lipinski definition) is 5. The standard InChI is InChI=1S/C13H21BrN4O/c1-2-6-15-13-16-8-11(14)12(17-13)18-7-4-3-5-10(18)9-19/h8,10,19H,2-7,9H2,1H3,(H,15,16,17). The van der Waals surface area contributed by atoms with Crippen LogP contribution in [0.4, 0.5) is 11.8 Å². The van der Waals surface area contributed by atoms with E-state index < -0.39 is 0 Å². The summed E-state index contributed by atoms with van der Waals surface area (Å²) in [7, 11) is 0. The first-order chi connectivity index (χ1) is 9.26. The molecule has 1 fully saturated rings. The molecule has 1 aromatic heterocycles. The van der Waals surface area contributed by atoms with Gasteiger partial charge in [-0.05, 0) is 41.6 Å². The van der Waals surface area contributed by atoms with Crippen molar-refractivity contribution < 1.29 is 5.11 Å². The number of rotatable bonds is 5. The molecule has 0 amide bonds. The first-order valence-corrected chi connectivity index (χ1v) is 7.69. The maximum absolute atomic E-state index is 9.51. The van der Waals surface area contributed by atoms with Gasteiger partial charge in [0.15, 0.2) is 0 Å². The molecule has 106 valence electrons. The molecule has 0 aromatic carbocycles. The zero-order valence-electron chi connectivity index (χ0n) is 11.3. The van der Waals surface area contributed by atoms with Crippen molar-refractivity contribution in [3.8, 4) is 0 Å². The van der Waals surface area contributed by atoms with E-state index in [1.54, 1.807) is 6.20 Å². The predicted octanol–water partition coefficient (Wildman–Crippen LogP) is 2.41. The summed E-state index contributed by atoms with van der Waals surface area (Å²) in [6.07, 6.45) is 6.15. The Morgan fingerprint density at radius 2 is 2.37 bits per heavy atom. The Bertz CT molecular complexity index is 416. The van der Waals surface area contributed by atoms with Crippen molar-refractivity contribution in [2.75, 3.05) is 29.9 Å². The molecule has 1 aliphatic rings. The molecule has 1 atom stereocenters. The molecule has 2 N–H and O–H groups in total. The van der Waals surface area contributed by atoms with E-state index in [1.165, 1.54) is 6.42 Å². The number of hydrogen-bond donors (Lipinski definition) is 2. The Morgan fingerprint density at radius 1 is 1.53 bits per heavy atom. The maximum Gasteiger partial charge on any atom is 0.224 e. The van der Waals surface area contributed by atoms with Crippen LogP contribution in [0.25, 0.3) is 0 Å². The summed E-state index contributed by atoms with van der Waals surface area (Å²) in [6.45, 7) is 4.09. The van der Waals surface area contributed by atoms with Crippen LogP contribution in [0.5, 0.6) is 0 Å². The molecule has 0 saturated carbocycles. The van der Waals surface area contributed by atoms with Crippen LogP contribution in [0.15, 0.2) is 10.7 Å². The minimum Gasteiger partial charge on any atom is -0.394 e. The van der Waals surface area contributed by atoms with Crippen LogP contribution in [0.2, 0.25) is 0 Å². The van der Waals surface area contributed by atoms with Crippen molar-refractivity contribution in [3.63, 3.8) is 0 Å². The van der Waals surface area contributed by atoms with Gasteiger partial charge in [0.2, 0.25) is 5.95 Å². The van der Waals surface area contributed by atoms with Crippen molar-refractivity contribution in [2.24, 2.45) is 0 Å². The van der Waals surface area contributed by atoms with Gasteiger partial charge in [0.05, 0.1) is 17.1 Å². The first kappa shape index (κ1) is 14.5. The summed E-state index contributed by atoms with van der Waals surface area (Å²) >= 11 is 3.51. The number of piperidine rings is 1. The third-order valence-electron chi connectivity index (χ3n) is 3.37. The molecule has 6 heteroatoms. The second-order valence-corrected chi connectivity index (χ2v) is 5.67. The van der Waals surface area contributed by atoms with Crippen LogP contribution in [0, 0.1) is 0 Å². The molecule has 0 bridgehead atoms. The van der Waals surface area contributed by atoms with Crippen LogP contribution in [0.3, 0.4) is 0 Å². The molecule has 1 aliphatic heterocycles. The Hall–Kier alpha value is -0.880. The quantitative estimate of drug-likeness (QED) is 0.869. The Balaban J connectivity index is 2.21. The van der Waals surface area contributed by atoms with E-state index in [0.29, 0.717) is 5.95 Å². The van der Waals surface area contributed by atoms with Gasteiger partial charge >= 0.3 is 0 Å². The van der Waals surface area contributed by atoms with Crippen LogP contribution in [-0.2, 0) is 0 Å². The highest BCUT2D eigenvalue weighted by Crippen LogP contribution is 2.29. The lowest BCUT2D eigenvalue weighted by Crippen LogP contribution is -2.42. The summed E-state index contributed by atoms with van der Waals surface area (Å²) in [4.78, 5) is 11.0. The van der Waals surface area contributed by atoms with E-state index in [9.17, 15) is 5.11 Å². The molecule has 19 heavy (non-hydrogen) atoms. The summed E-state index contributed by atoms with van der Waals surface area (Å²) in [5.41, 5.74) is 0. The topological polar surface area (TPSA) is 61.3 Å². The zero-order chi connectivity index (χ0) is 13.7. The van der Waals surface area contributed by atoms with Gasteiger partial charge in [-0.15, -0.1) is 0 Å². The number of nitrogens with one attached hydrogen (secondary N) is 1. The largest absolute Gasteiger partial charge is 0.394 e. The lowest BCUT2D eigenvalue weighted by Gasteiger charge is -2.36. The maximum atomic E-state index is 9.51. The molecule has 2 heterocycles. The van der Waals surface area contributed by atoms with Gasteiger partial charge in [-0.2, -0.15) is 4.98 Å². The minimum atomic E-state index is 0.166. The van der Waals surface area contributed by atoms with Crippen LogP contribution in [-0.4, -0.2) is 40.8 Å². The van der Waals surface area contributed by atoms with Crippen molar-refractivity contribution in [1.82, 2.24) is 9.97 Å². The van der Waals surface area contributed by atoms with Gasteiger partial charge in [-0.1, -0.05) is 6.92 Å². The summed E-state index contributed by atoms with van der Waals surface area (Å²) in [5.74, 6) is 1.54. The lowest BCUT2D eigenvalue weighted by atomic mass is 10.0. The molecule has 0 radical (unpaired) electrons. The number of nitrogens with zero attached hydrogens (tertiary/aromatic N) is 3. The first-order valence-electron chi connectivity index (χ1n) is 6.90. The van der Waals surface area contributed by atoms with Gasteiger partial charge in [-0.25, -0.2) is 4.98 Å².